The van der Waals surface area contributed by atoms with Crippen LogP contribution in [0.15, 0.2) is 42.5 Å². The molecule has 2 aromatic rings. The monoisotopic (exact) mass is 296 g/mol. The van der Waals surface area contributed by atoms with Crippen LogP contribution < -0.4 is 15.4 Å². The number of ether oxygens (including phenoxy) is 1. The highest BCUT2D eigenvalue weighted by Gasteiger charge is 2.16. The average molecular weight is 296 g/mol. The van der Waals surface area contributed by atoms with Crippen molar-refractivity contribution in [3.8, 4) is 5.75 Å². The third-order valence-corrected chi connectivity index (χ3v) is 4.18. The second-order valence-corrected chi connectivity index (χ2v) is 6.02. The van der Waals surface area contributed by atoms with Crippen LogP contribution in [0.5, 0.6) is 5.75 Å². The minimum Gasteiger partial charge on any atom is -0.497 e. The Balaban J connectivity index is 1.46. The second kappa shape index (κ2) is 6.84. The van der Waals surface area contributed by atoms with Gasteiger partial charge in [-0.1, -0.05) is 24.3 Å². The summed E-state index contributed by atoms with van der Waals surface area (Å²) in [6.45, 7) is 4.12. The third-order valence-electron chi connectivity index (χ3n) is 4.18. The topological polar surface area (TPSA) is 33.3 Å². The van der Waals surface area contributed by atoms with Gasteiger partial charge < -0.3 is 15.4 Å². The molecule has 2 aromatic carbocycles. The molecule has 3 rings (SSSR count). The van der Waals surface area contributed by atoms with Gasteiger partial charge in [0.05, 0.1) is 7.11 Å². The minimum atomic E-state index is 0.568. The summed E-state index contributed by atoms with van der Waals surface area (Å²) in [5, 5.41) is 7.00. The summed E-state index contributed by atoms with van der Waals surface area (Å²) in [5.41, 5.74) is 5.47. The standard InChI is InChI=1S/C19H24N2O/c1-14-11-17-12-15(5-8-19(17)21-14)9-10-20-13-16-3-6-18(22-2)7-4-16/h3-8,12,14,20-21H,9-11,13H2,1-2H3. The van der Waals surface area contributed by atoms with Crippen LogP contribution in [0.2, 0.25) is 0 Å². The van der Waals surface area contributed by atoms with Crippen molar-refractivity contribution in [2.75, 3.05) is 19.0 Å². The Morgan fingerprint density at radius 3 is 2.68 bits per heavy atom. The number of anilines is 1. The molecule has 22 heavy (non-hydrogen) atoms. The predicted molar refractivity (Wildman–Crippen MR) is 91.6 cm³/mol. The van der Waals surface area contributed by atoms with Gasteiger partial charge in [-0.3, -0.25) is 0 Å². The lowest BCUT2D eigenvalue weighted by Gasteiger charge is -2.07. The summed E-state index contributed by atoms with van der Waals surface area (Å²) in [7, 11) is 1.69. The first-order chi connectivity index (χ1) is 10.7. The van der Waals surface area contributed by atoms with E-state index in [1.54, 1.807) is 7.11 Å². The molecule has 3 heteroatoms. The van der Waals surface area contributed by atoms with E-state index in [-0.39, 0.29) is 0 Å². The number of hydrogen-bond donors (Lipinski definition) is 2. The molecular weight excluding hydrogens is 272 g/mol. The smallest absolute Gasteiger partial charge is 0.118 e. The Morgan fingerprint density at radius 2 is 1.91 bits per heavy atom. The van der Waals surface area contributed by atoms with Crippen LogP contribution in [-0.4, -0.2) is 19.7 Å². The highest BCUT2D eigenvalue weighted by molar-refractivity contribution is 5.57. The van der Waals surface area contributed by atoms with E-state index in [0.29, 0.717) is 6.04 Å². The van der Waals surface area contributed by atoms with Crippen molar-refractivity contribution in [3.05, 3.63) is 59.2 Å². The predicted octanol–water partition coefficient (Wildman–Crippen LogP) is 3.38. The van der Waals surface area contributed by atoms with E-state index in [1.165, 1.54) is 22.4 Å². The SMILES string of the molecule is COc1ccc(CNCCc2ccc3c(c2)CC(C)N3)cc1. The fourth-order valence-corrected chi connectivity index (χ4v) is 2.97. The Hall–Kier alpha value is -2.00. The molecule has 0 radical (unpaired) electrons. The maximum atomic E-state index is 5.17. The maximum Gasteiger partial charge on any atom is 0.118 e. The van der Waals surface area contributed by atoms with Crippen LogP contribution in [-0.2, 0) is 19.4 Å². The molecule has 0 saturated carbocycles. The molecule has 2 N–H and O–H groups in total. The number of methoxy groups -OCH3 is 1. The van der Waals surface area contributed by atoms with Crippen LogP contribution >= 0.6 is 0 Å². The first-order valence-corrected chi connectivity index (χ1v) is 7.96. The fraction of sp³-hybridized carbons (Fsp3) is 0.368. The Morgan fingerprint density at radius 1 is 1.14 bits per heavy atom. The van der Waals surface area contributed by atoms with Crippen molar-refractivity contribution >= 4 is 5.69 Å². The molecule has 0 amide bonds. The molecule has 0 aliphatic carbocycles. The van der Waals surface area contributed by atoms with Gasteiger partial charge in [-0.05, 0) is 61.2 Å². The summed E-state index contributed by atoms with van der Waals surface area (Å²) >= 11 is 0. The molecule has 1 atom stereocenters. The summed E-state index contributed by atoms with van der Waals surface area (Å²) in [6.07, 6.45) is 2.21. The maximum absolute atomic E-state index is 5.17. The van der Waals surface area contributed by atoms with E-state index in [1.807, 2.05) is 12.1 Å². The number of nitrogens with one attached hydrogen (secondary N) is 2. The zero-order chi connectivity index (χ0) is 15.4. The molecule has 116 valence electrons. The van der Waals surface area contributed by atoms with Gasteiger partial charge in [0, 0.05) is 18.3 Å². The van der Waals surface area contributed by atoms with Crippen molar-refractivity contribution in [1.82, 2.24) is 5.32 Å². The van der Waals surface area contributed by atoms with E-state index in [9.17, 15) is 0 Å². The van der Waals surface area contributed by atoms with Crippen LogP contribution in [0.3, 0.4) is 0 Å². The van der Waals surface area contributed by atoms with Crippen molar-refractivity contribution in [2.24, 2.45) is 0 Å². The number of hydrogen-bond acceptors (Lipinski definition) is 3. The van der Waals surface area contributed by atoms with Gasteiger partial charge in [-0.15, -0.1) is 0 Å². The molecule has 1 unspecified atom stereocenters. The van der Waals surface area contributed by atoms with Crippen LogP contribution in [0.1, 0.15) is 23.6 Å². The molecule has 0 bridgehead atoms. The third kappa shape index (κ3) is 3.60. The first kappa shape index (κ1) is 14.9. The zero-order valence-electron chi connectivity index (χ0n) is 13.4. The lowest BCUT2D eigenvalue weighted by Crippen LogP contribution is -2.16. The minimum absolute atomic E-state index is 0.568. The quantitative estimate of drug-likeness (QED) is 0.802. The number of benzene rings is 2. The summed E-state index contributed by atoms with van der Waals surface area (Å²) in [6, 6.07) is 15.6. The molecule has 0 aromatic heterocycles. The summed E-state index contributed by atoms with van der Waals surface area (Å²) < 4.78 is 5.17. The zero-order valence-corrected chi connectivity index (χ0v) is 13.4. The van der Waals surface area contributed by atoms with Crippen LogP contribution in [0, 0.1) is 0 Å². The molecule has 1 heterocycles. The molecule has 0 saturated heterocycles. The van der Waals surface area contributed by atoms with Gasteiger partial charge in [0.2, 0.25) is 0 Å². The van der Waals surface area contributed by atoms with Crippen molar-refractivity contribution in [1.29, 1.82) is 0 Å². The van der Waals surface area contributed by atoms with Gasteiger partial charge >= 0.3 is 0 Å². The lowest BCUT2D eigenvalue weighted by molar-refractivity contribution is 0.414. The van der Waals surface area contributed by atoms with E-state index < -0.39 is 0 Å². The molecular formula is C19H24N2O. The van der Waals surface area contributed by atoms with Crippen molar-refractivity contribution in [3.63, 3.8) is 0 Å². The molecule has 3 nitrogen and oxygen atoms in total. The Kier molecular flexibility index (Phi) is 4.64. The van der Waals surface area contributed by atoms with E-state index in [0.717, 1.165) is 31.7 Å². The van der Waals surface area contributed by atoms with Gasteiger partial charge in [0.15, 0.2) is 0 Å². The largest absolute Gasteiger partial charge is 0.497 e. The van der Waals surface area contributed by atoms with Gasteiger partial charge in [-0.25, -0.2) is 0 Å². The molecule has 1 aliphatic rings. The normalized spacial score (nSPS) is 16.2. The van der Waals surface area contributed by atoms with Gasteiger partial charge in [0.25, 0.3) is 0 Å². The van der Waals surface area contributed by atoms with Crippen LogP contribution in [0.4, 0.5) is 5.69 Å². The van der Waals surface area contributed by atoms with E-state index >= 15 is 0 Å². The number of rotatable bonds is 6. The summed E-state index contributed by atoms with van der Waals surface area (Å²) in [4.78, 5) is 0. The molecule has 1 aliphatic heterocycles. The molecule has 0 fully saturated rings. The fourth-order valence-electron chi connectivity index (χ4n) is 2.97. The van der Waals surface area contributed by atoms with Gasteiger partial charge in [-0.2, -0.15) is 0 Å². The molecule has 0 spiro atoms. The second-order valence-electron chi connectivity index (χ2n) is 6.02. The average Bonchev–Trinajstić information content (AvgIpc) is 2.91. The van der Waals surface area contributed by atoms with Gasteiger partial charge in [0.1, 0.15) is 5.75 Å². The first-order valence-electron chi connectivity index (χ1n) is 7.96. The Bertz CT molecular complexity index is 622. The highest BCUT2D eigenvalue weighted by atomic mass is 16.5. The number of fused-ring (bicyclic) bond motifs is 1. The van der Waals surface area contributed by atoms with E-state index in [2.05, 4.69) is 47.9 Å². The van der Waals surface area contributed by atoms with Crippen LogP contribution in [0.25, 0.3) is 0 Å². The van der Waals surface area contributed by atoms with Crippen molar-refractivity contribution < 1.29 is 4.74 Å². The lowest BCUT2D eigenvalue weighted by atomic mass is 10.0. The van der Waals surface area contributed by atoms with Crippen molar-refractivity contribution in [2.45, 2.75) is 32.4 Å². The summed E-state index contributed by atoms with van der Waals surface area (Å²) in [5.74, 6) is 0.907. The Labute approximate surface area is 132 Å². The van der Waals surface area contributed by atoms with E-state index in [4.69, 9.17) is 4.74 Å². The highest BCUT2D eigenvalue weighted by Crippen LogP contribution is 2.26.